The lowest BCUT2D eigenvalue weighted by atomic mass is 9.97. The summed E-state index contributed by atoms with van der Waals surface area (Å²) in [5, 5.41) is 6.89. The lowest BCUT2D eigenvalue weighted by Gasteiger charge is -2.35. The monoisotopic (exact) mass is 672 g/mol. The summed E-state index contributed by atoms with van der Waals surface area (Å²) in [6.45, 7) is 3.97. The van der Waals surface area contributed by atoms with Gasteiger partial charge in [0.2, 0.25) is 11.8 Å². The van der Waals surface area contributed by atoms with E-state index in [1.165, 1.54) is 62.7 Å². The number of halogens is 2. The molecule has 9 nitrogen and oxygen atoms in total. The maximum absolute atomic E-state index is 13.5. The summed E-state index contributed by atoms with van der Waals surface area (Å²) in [5.74, 6) is -0.144. The number of nitrogens with one attached hydrogen (secondary N) is 3. The van der Waals surface area contributed by atoms with E-state index < -0.39 is 17.9 Å². The molecule has 2 aromatic carbocycles. The molecule has 3 aliphatic rings. The number of thiazole rings is 1. The van der Waals surface area contributed by atoms with Crippen molar-refractivity contribution in [2.45, 2.75) is 63.1 Å². The van der Waals surface area contributed by atoms with Crippen molar-refractivity contribution in [1.29, 1.82) is 0 Å². The first-order chi connectivity index (χ1) is 21.8. The van der Waals surface area contributed by atoms with Gasteiger partial charge in [-0.2, -0.15) is 0 Å². The van der Waals surface area contributed by atoms with Gasteiger partial charge in [0.1, 0.15) is 29.2 Å². The zero-order chi connectivity index (χ0) is 31.3. The number of benzene rings is 2. The predicted molar refractivity (Wildman–Crippen MR) is 178 cm³/mol. The van der Waals surface area contributed by atoms with Crippen LogP contribution in [0.4, 0.5) is 10.1 Å². The molecule has 3 N–H and O–H groups in total. The van der Waals surface area contributed by atoms with Gasteiger partial charge in [0, 0.05) is 29.9 Å². The van der Waals surface area contributed by atoms with E-state index in [-0.39, 0.29) is 29.3 Å². The molecule has 45 heavy (non-hydrogen) atoms. The second kappa shape index (κ2) is 14.8. The largest absolute Gasteiger partial charge is 0.492 e. The number of aryl methyl sites for hydroxylation is 1. The van der Waals surface area contributed by atoms with Gasteiger partial charge in [-0.15, -0.1) is 11.3 Å². The minimum absolute atomic E-state index is 0.0687. The predicted octanol–water partition coefficient (Wildman–Crippen LogP) is 5.83. The fraction of sp³-hybridized carbons (Fsp3) is 0.469. The normalized spacial score (nSPS) is 22.4. The number of ether oxygens (including phenoxy) is 1. The maximum atomic E-state index is 13.5. The third-order valence-corrected chi connectivity index (χ3v) is 11.0. The summed E-state index contributed by atoms with van der Waals surface area (Å²) >= 11 is 8.72. The van der Waals surface area contributed by atoms with Crippen molar-refractivity contribution < 1.29 is 18.7 Å². The van der Waals surface area contributed by atoms with Crippen molar-refractivity contribution in [3.8, 4) is 16.3 Å². The number of likely N-dealkylation sites (tertiary alicyclic amines) is 1. The number of piperidine rings is 1. The lowest BCUT2D eigenvalue weighted by Crippen LogP contribution is -2.54. The van der Waals surface area contributed by atoms with Crippen LogP contribution in [-0.4, -0.2) is 71.4 Å². The number of aromatic nitrogens is 1. The second-order valence-corrected chi connectivity index (χ2v) is 14.2. The van der Waals surface area contributed by atoms with Crippen molar-refractivity contribution in [2.24, 2.45) is 0 Å². The summed E-state index contributed by atoms with van der Waals surface area (Å²) in [6, 6.07) is 10.9. The van der Waals surface area contributed by atoms with E-state index in [0.717, 1.165) is 52.7 Å². The van der Waals surface area contributed by atoms with Crippen molar-refractivity contribution in [3.05, 3.63) is 63.9 Å². The Morgan fingerprint density at radius 3 is 2.69 bits per heavy atom. The molecule has 240 valence electrons. The minimum atomic E-state index is -0.579. The molecule has 2 fully saturated rings. The van der Waals surface area contributed by atoms with Gasteiger partial charge < -0.3 is 15.4 Å². The first-order valence-corrected chi connectivity index (χ1v) is 17.5. The lowest BCUT2D eigenvalue weighted by molar-refractivity contribution is -0.125. The number of carbonyl (C=O) groups excluding carboxylic acids is 2. The van der Waals surface area contributed by atoms with Crippen molar-refractivity contribution in [3.63, 3.8) is 0 Å². The Labute approximate surface area is 276 Å². The third-order valence-electron chi connectivity index (χ3n) is 8.54. The first kappa shape index (κ1) is 32.2. The number of likely N-dealkylation sites (N-methyl/N-ethyl adjacent to an activating group) is 1. The molecule has 0 bridgehead atoms. The van der Waals surface area contributed by atoms with Crippen molar-refractivity contribution in [1.82, 2.24) is 24.2 Å². The average molecular weight is 673 g/mol. The molecule has 0 saturated carbocycles. The molecular weight excluding hydrogens is 635 g/mol. The van der Waals surface area contributed by atoms with E-state index in [9.17, 15) is 14.0 Å². The van der Waals surface area contributed by atoms with E-state index in [2.05, 4.69) is 32.4 Å². The molecule has 0 spiro atoms. The standard InChI is InChI=1S/C32H38ClFN6O3S2/c1-39-28(31(42)35-21-10-13-24(34)23(33)18-21)19-27(38-45-39)30(41)36-25-6-5-7-26-29(25)44-32(37-26)20-8-11-22(12-9-20)43-17-16-40-14-3-2-4-15-40/h8-13,18,25,27-28,38H,2-7,14-17,19H2,1H3,(H,35,42)(H,36,41). The van der Waals surface area contributed by atoms with Crippen LogP contribution in [0.1, 0.15) is 55.1 Å². The van der Waals surface area contributed by atoms with Gasteiger partial charge in [0.05, 0.1) is 27.7 Å². The molecule has 13 heteroatoms. The Balaban J connectivity index is 1.05. The van der Waals surface area contributed by atoms with Crippen LogP contribution in [0.5, 0.6) is 5.75 Å². The third kappa shape index (κ3) is 7.98. The van der Waals surface area contributed by atoms with Crippen LogP contribution < -0.4 is 20.1 Å². The zero-order valence-corrected chi connectivity index (χ0v) is 27.6. The summed E-state index contributed by atoms with van der Waals surface area (Å²) in [6.07, 6.45) is 6.81. The molecule has 2 aliphatic heterocycles. The highest BCUT2D eigenvalue weighted by Gasteiger charge is 2.37. The van der Waals surface area contributed by atoms with E-state index >= 15 is 0 Å². The number of carbonyl (C=O) groups is 2. The van der Waals surface area contributed by atoms with Crippen LogP contribution in [-0.2, 0) is 16.0 Å². The van der Waals surface area contributed by atoms with Crippen LogP contribution >= 0.6 is 35.1 Å². The van der Waals surface area contributed by atoms with Crippen LogP contribution in [0.3, 0.4) is 0 Å². The average Bonchev–Trinajstić information content (AvgIpc) is 3.49. The van der Waals surface area contributed by atoms with Crippen LogP contribution in [0.25, 0.3) is 10.6 Å². The van der Waals surface area contributed by atoms with Crippen LogP contribution in [0, 0.1) is 5.82 Å². The summed E-state index contributed by atoms with van der Waals surface area (Å²) < 4.78 is 24.5. The molecule has 3 atom stereocenters. The van der Waals surface area contributed by atoms with E-state index in [4.69, 9.17) is 21.3 Å². The first-order valence-electron chi connectivity index (χ1n) is 15.5. The fourth-order valence-electron chi connectivity index (χ4n) is 5.98. The quantitative estimate of drug-likeness (QED) is 0.245. The number of fused-ring (bicyclic) bond motifs is 1. The number of anilines is 1. The van der Waals surface area contributed by atoms with Gasteiger partial charge in [-0.05, 0) is 101 Å². The Kier molecular flexibility index (Phi) is 10.6. The van der Waals surface area contributed by atoms with Gasteiger partial charge in [-0.1, -0.05) is 18.0 Å². The molecule has 3 aromatic rings. The Morgan fingerprint density at radius 1 is 1.11 bits per heavy atom. The van der Waals surface area contributed by atoms with Crippen molar-refractivity contribution in [2.75, 3.05) is 38.6 Å². The molecule has 6 rings (SSSR count). The number of hydrogen-bond donors (Lipinski definition) is 3. The highest BCUT2D eigenvalue weighted by atomic mass is 35.5. The summed E-state index contributed by atoms with van der Waals surface area (Å²) in [4.78, 5) is 35.1. The number of hydrogen-bond acceptors (Lipinski definition) is 9. The van der Waals surface area contributed by atoms with Crippen LogP contribution in [0.15, 0.2) is 42.5 Å². The number of nitrogens with zero attached hydrogens (tertiary/aromatic N) is 3. The molecular formula is C32H38ClFN6O3S2. The van der Waals surface area contributed by atoms with Crippen LogP contribution in [0.2, 0.25) is 5.02 Å². The maximum Gasteiger partial charge on any atom is 0.242 e. The summed E-state index contributed by atoms with van der Waals surface area (Å²) in [7, 11) is 1.79. The SMILES string of the molecule is CN1SNC(C(=O)NC2CCCc3nc(-c4ccc(OCCN5CCCCC5)cc4)sc32)CC1C(=O)Nc1ccc(F)c(Cl)c1. The Bertz CT molecular complexity index is 1500. The summed E-state index contributed by atoms with van der Waals surface area (Å²) in [5.41, 5.74) is 2.47. The van der Waals surface area contributed by atoms with E-state index in [0.29, 0.717) is 12.3 Å². The number of rotatable bonds is 9. The Morgan fingerprint density at radius 2 is 1.91 bits per heavy atom. The molecule has 1 aromatic heterocycles. The minimum Gasteiger partial charge on any atom is -0.492 e. The van der Waals surface area contributed by atoms with E-state index in [1.54, 1.807) is 22.7 Å². The van der Waals surface area contributed by atoms with Gasteiger partial charge in [-0.3, -0.25) is 14.5 Å². The topological polar surface area (TPSA) is 98.8 Å². The zero-order valence-electron chi connectivity index (χ0n) is 25.2. The fourth-order valence-corrected chi connectivity index (χ4v) is 8.17. The smallest absolute Gasteiger partial charge is 0.242 e. The molecule has 1 aliphatic carbocycles. The van der Waals surface area contributed by atoms with Gasteiger partial charge in [-0.25, -0.2) is 18.4 Å². The second-order valence-electron chi connectivity index (χ2n) is 11.7. The highest BCUT2D eigenvalue weighted by Crippen LogP contribution is 2.38. The van der Waals surface area contributed by atoms with Gasteiger partial charge >= 0.3 is 0 Å². The molecule has 3 heterocycles. The van der Waals surface area contributed by atoms with E-state index in [1.807, 2.05) is 12.1 Å². The van der Waals surface area contributed by atoms with Gasteiger partial charge in [0.15, 0.2) is 0 Å². The molecule has 0 radical (unpaired) electrons. The Hall–Kier alpha value is -2.74. The number of amides is 2. The van der Waals surface area contributed by atoms with Crippen molar-refractivity contribution >= 4 is 52.6 Å². The highest BCUT2D eigenvalue weighted by molar-refractivity contribution is 7.95. The molecule has 2 saturated heterocycles. The van der Waals surface area contributed by atoms with Gasteiger partial charge in [0.25, 0.3) is 0 Å². The molecule has 3 unspecified atom stereocenters. The molecule has 2 amide bonds.